The number of nitro groups is 1. The van der Waals surface area contributed by atoms with Gasteiger partial charge in [0.1, 0.15) is 6.33 Å². The van der Waals surface area contributed by atoms with Gasteiger partial charge >= 0.3 is 5.69 Å². The minimum atomic E-state index is -0.703. The lowest BCUT2D eigenvalue weighted by Crippen LogP contribution is -2.35. The molecule has 8 nitrogen and oxygen atoms in total. The second kappa shape index (κ2) is 6.10. The summed E-state index contributed by atoms with van der Waals surface area (Å²) >= 11 is 5.59. The Morgan fingerprint density at radius 3 is 2.78 bits per heavy atom. The standard InChI is InChI=1S/C9H12ClN5O3/c1-5(2)14-6(16)3-11-9-7(15(17)18)8(10)12-4-13-9/h4-5H,3H2,1-2H3,(H,14,16)(H,11,12,13). The third kappa shape index (κ3) is 3.81. The number of hydrogen-bond acceptors (Lipinski definition) is 6. The van der Waals surface area contributed by atoms with Gasteiger partial charge in [-0.25, -0.2) is 9.97 Å². The van der Waals surface area contributed by atoms with Crippen molar-refractivity contribution in [2.75, 3.05) is 11.9 Å². The summed E-state index contributed by atoms with van der Waals surface area (Å²) in [4.78, 5) is 28.6. The number of anilines is 1. The Labute approximate surface area is 108 Å². The molecule has 1 amide bonds. The maximum Gasteiger partial charge on any atom is 0.348 e. The van der Waals surface area contributed by atoms with Crippen molar-refractivity contribution in [1.29, 1.82) is 0 Å². The van der Waals surface area contributed by atoms with Crippen LogP contribution in [0.5, 0.6) is 0 Å². The van der Waals surface area contributed by atoms with E-state index in [9.17, 15) is 14.9 Å². The van der Waals surface area contributed by atoms with Crippen molar-refractivity contribution in [3.63, 3.8) is 0 Å². The first kappa shape index (κ1) is 14.1. The van der Waals surface area contributed by atoms with Gasteiger partial charge in [0.2, 0.25) is 16.9 Å². The number of carbonyl (C=O) groups is 1. The van der Waals surface area contributed by atoms with Crippen molar-refractivity contribution >= 4 is 29.0 Å². The maximum atomic E-state index is 11.4. The lowest BCUT2D eigenvalue weighted by molar-refractivity contribution is -0.384. The molecule has 0 aliphatic carbocycles. The average Bonchev–Trinajstić information content (AvgIpc) is 2.24. The summed E-state index contributed by atoms with van der Waals surface area (Å²) in [5.41, 5.74) is -0.448. The first-order valence-electron chi connectivity index (χ1n) is 5.10. The minimum absolute atomic E-state index is 0.0109. The molecule has 0 saturated carbocycles. The van der Waals surface area contributed by atoms with E-state index >= 15 is 0 Å². The number of nitrogens with one attached hydrogen (secondary N) is 2. The van der Waals surface area contributed by atoms with Crippen LogP contribution in [0.3, 0.4) is 0 Å². The van der Waals surface area contributed by atoms with Crippen LogP contribution in [0.1, 0.15) is 13.8 Å². The Morgan fingerprint density at radius 2 is 2.22 bits per heavy atom. The zero-order valence-corrected chi connectivity index (χ0v) is 10.6. The van der Waals surface area contributed by atoms with Crippen LogP contribution in [-0.2, 0) is 4.79 Å². The van der Waals surface area contributed by atoms with Crippen LogP contribution in [0.2, 0.25) is 5.15 Å². The summed E-state index contributed by atoms with van der Waals surface area (Å²) in [7, 11) is 0. The summed E-state index contributed by atoms with van der Waals surface area (Å²) in [6.07, 6.45) is 1.08. The van der Waals surface area contributed by atoms with Crippen LogP contribution < -0.4 is 10.6 Å². The lowest BCUT2D eigenvalue weighted by atomic mass is 10.4. The molecule has 98 valence electrons. The molecule has 0 saturated heterocycles. The van der Waals surface area contributed by atoms with E-state index in [4.69, 9.17) is 11.6 Å². The van der Waals surface area contributed by atoms with E-state index in [1.54, 1.807) is 0 Å². The van der Waals surface area contributed by atoms with E-state index in [1.807, 2.05) is 13.8 Å². The molecule has 0 fully saturated rings. The summed E-state index contributed by atoms with van der Waals surface area (Å²) in [6, 6.07) is -0.0109. The molecule has 0 aromatic carbocycles. The number of nitrogens with zero attached hydrogens (tertiary/aromatic N) is 3. The van der Waals surface area contributed by atoms with E-state index in [0.29, 0.717) is 0 Å². The zero-order valence-electron chi connectivity index (χ0n) is 9.81. The van der Waals surface area contributed by atoms with E-state index < -0.39 is 10.6 Å². The van der Waals surface area contributed by atoms with Gasteiger partial charge in [-0.1, -0.05) is 11.6 Å². The highest BCUT2D eigenvalue weighted by atomic mass is 35.5. The van der Waals surface area contributed by atoms with Gasteiger partial charge in [0.05, 0.1) is 11.5 Å². The van der Waals surface area contributed by atoms with Gasteiger partial charge < -0.3 is 10.6 Å². The molecule has 9 heteroatoms. The van der Waals surface area contributed by atoms with E-state index in [1.165, 1.54) is 0 Å². The Hall–Kier alpha value is -1.96. The van der Waals surface area contributed by atoms with Crippen molar-refractivity contribution in [3.05, 3.63) is 21.6 Å². The first-order chi connectivity index (χ1) is 8.41. The van der Waals surface area contributed by atoms with Crippen molar-refractivity contribution in [1.82, 2.24) is 15.3 Å². The van der Waals surface area contributed by atoms with Crippen LogP contribution >= 0.6 is 11.6 Å². The van der Waals surface area contributed by atoms with E-state index in [0.717, 1.165) is 6.33 Å². The molecule has 0 unspecified atom stereocenters. The smallest absolute Gasteiger partial charge is 0.348 e. The van der Waals surface area contributed by atoms with Crippen LogP contribution in [0, 0.1) is 10.1 Å². The largest absolute Gasteiger partial charge is 0.355 e. The number of carbonyl (C=O) groups excluding carboxylic acids is 1. The summed E-state index contributed by atoms with van der Waals surface area (Å²) in [5.74, 6) is -0.382. The van der Waals surface area contributed by atoms with Gasteiger partial charge in [0, 0.05) is 6.04 Å². The minimum Gasteiger partial charge on any atom is -0.355 e. The quantitative estimate of drug-likeness (QED) is 0.470. The normalized spacial score (nSPS) is 10.2. The number of halogens is 1. The van der Waals surface area contributed by atoms with Crippen molar-refractivity contribution in [3.8, 4) is 0 Å². The molecule has 1 aromatic heterocycles. The van der Waals surface area contributed by atoms with Crippen molar-refractivity contribution < 1.29 is 9.72 Å². The van der Waals surface area contributed by atoms with Crippen LogP contribution in [0.15, 0.2) is 6.33 Å². The molecular weight excluding hydrogens is 262 g/mol. The number of amides is 1. The third-order valence-corrected chi connectivity index (χ3v) is 2.10. The third-order valence-electron chi connectivity index (χ3n) is 1.83. The molecule has 1 heterocycles. The molecule has 0 aliphatic heterocycles. The van der Waals surface area contributed by atoms with Crippen molar-refractivity contribution in [2.24, 2.45) is 0 Å². The SMILES string of the molecule is CC(C)NC(=O)CNc1ncnc(Cl)c1[N+](=O)[O-]. The van der Waals surface area contributed by atoms with E-state index in [-0.39, 0.29) is 29.5 Å². The number of hydrogen-bond donors (Lipinski definition) is 2. The maximum absolute atomic E-state index is 11.4. The van der Waals surface area contributed by atoms with Crippen LogP contribution in [0.4, 0.5) is 11.5 Å². The average molecular weight is 274 g/mol. The highest BCUT2D eigenvalue weighted by Crippen LogP contribution is 2.27. The molecule has 1 aromatic rings. The molecular formula is C9H12ClN5O3. The van der Waals surface area contributed by atoms with Gasteiger partial charge in [-0.05, 0) is 13.8 Å². The predicted octanol–water partition coefficient (Wildman–Crippen LogP) is 0.975. The second-order valence-electron chi connectivity index (χ2n) is 3.69. The first-order valence-corrected chi connectivity index (χ1v) is 5.47. The summed E-state index contributed by atoms with van der Waals surface area (Å²) < 4.78 is 0. The van der Waals surface area contributed by atoms with Gasteiger partial charge in [0.25, 0.3) is 0 Å². The zero-order chi connectivity index (χ0) is 13.7. The predicted molar refractivity (Wildman–Crippen MR) is 65.5 cm³/mol. The molecule has 0 atom stereocenters. The molecule has 0 bridgehead atoms. The molecule has 0 spiro atoms. The molecule has 0 aliphatic rings. The highest BCUT2D eigenvalue weighted by molar-refractivity contribution is 6.31. The van der Waals surface area contributed by atoms with Gasteiger partial charge in [-0.3, -0.25) is 14.9 Å². The Morgan fingerprint density at radius 1 is 1.56 bits per heavy atom. The van der Waals surface area contributed by atoms with E-state index in [2.05, 4.69) is 20.6 Å². The molecule has 1 rings (SSSR count). The Kier molecular flexibility index (Phi) is 4.78. The number of aromatic nitrogens is 2. The van der Waals surface area contributed by atoms with Gasteiger partial charge in [-0.15, -0.1) is 0 Å². The van der Waals surface area contributed by atoms with Crippen molar-refractivity contribution in [2.45, 2.75) is 19.9 Å². The fourth-order valence-electron chi connectivity index (χ4n) is 1.19. The molecule has 18 heavy (non-hydrogen) atoms. The van der Waals surface area contributed by atoms with Crippen LogP contribution in [-0.4, -0.2) is 33.4 Å². The number of rotatable bonds is 5. The van der Waals surface area contributed by atoms with Crippen LogP contribution in [0.25, 0.3) is 0 Å². The fourth-order valence-corrected chi connectivity index (χ4v) is 1.39. The van der Waals surface area contributed by atoms with Gasteiger partial charge in [-0.2, -0.15) is 0 Å². The Balaban J connectivity index is 2.76. The lowest BCUT2D eigenvalue weighted by Gasteiger charge is -2.09. The Bertz CT molecular complexity index is 466. The van der Waals surface area contributed by atoms with Gasteiger partial charge in [0.15, 0.2) is 0 Å². The molecule has 2 N–H and O–H groups in total. The summed E-state index contributed by atoms with van der Waals surface area (Å²) in [5, 5.41) is 15.7. The summed E-state index contributed by atoms with van der Waals surface area (Å²) in [6.45, 7) is 3.48. The monoisotopic (exact) mass is 273 g/mol. The molecule has 0 radical (unpaired) electrons. The second-order valence-corrected chi connectivity index (χ2v) is 4.05. The topological polar surface area (TPSA) is 110 Å². The highest BCUT2D eigenvalue weighted by Gasteiger charge is 2.21. The fraction of sp³-hybridized carbons (Fsp3) is 0.444.